The molecule has 2 aromatic rings. The lowest BCUT2D eigenvalue weighted by Gasteiger charge is -2.14. The highest BCUT2D eigenvalue weighted by molar-refractivity contribution is 7.11. The van der Waals surface area contributed by atoms with Crippen LogP contribution >= 0.6 is 22.7 Å². The fraction of sp³-hybridized carbons (Fsp3) is 0.214. The van der Waals surface area contributed by atoms with Gasteiger partial charge in [-0.2, -0.15) is 0 Å². The largest absolute Gasteiger partial charge is 0.375 e. The van der Waals surface area contributed by atoms with Gasteiger partial charge in [0.05, 0.1) is 22.5 Å². The van der Waals surface area contributed by atoms with Crippen LogP contribution in [0.25, 0.3) is 5.70 Å². The van der Waals surface area contributed by atoms with Crippen LogP contribution in [0.5, 0.6) is 0 Å². The number of carbonyl (C=O) groups is 1. The molecule has 2 aliphatic heterocycles. The summed E-state index contributed by atoms with van der Waals surface area (Å²) in [6, 6.07) is 7.72. The van der Waals surface area contributed by atoms with Gasteiger partial charge in [0.25, 0.3) is 0 Å². The van der Waals surface area contributed by atoms with Crippen molar-refractivity contribution in [3.8, 4) is 0 Å². The van der Waals surface area contributed by atoms with Crippen LogP contribution in [0.2, 0.25) is 0 Å². The number of aliphatic hydroxyl groups excluding tert-OH is 1. The smallest absolute Gasteiger partial charge is 0.233 e. The molecule has 20 heavy (non-hydrogen) atoms. The average Bonchev–Trinajstić information content (AvgIpc) is 3.17. The first kappa shape index (κ1) is 12.3. The van der Waals surface area contributed by atoms with Crippen molar-refractivity contribution < 1.29 is 9.90 Å². The Morgan fingerprint density at radius 2 is 1.95 bits per heavy atom. The van der Waals surface area contributed by atoms with E-state index in [1.807, 2.05) is 35.0 Å². The van der Waals surface area contributed by atoms with Crippen LogP contribution in [0, 0.1) is 5.92 Å². The molecule has 4 nitrogen and oxygen atoms in total. The van der Waals surface area contributed by atoms with E-state index in [4.69, 9.17) is 0 Å². The Kier molecular flexibility index (Phi) is 2.78. The lowest BCUT2D eigenvalue weighted by molar-refractivity contribution is -0.122. The van der Waals surface area contributed by atoms with E-state index in [0.717, 1.165) is 21.0 Å². The summed E-state index contributed by atoms with van der Waals surface area (Å²) >= 11 is 3.16. The van der Waals surface area contributed by atoms with Crippen LogP contribution in [0.15, 0.2) is 40.6 Å². The number of amides is 1. The molecule has 0 aromatic carbocycles. The van der Waals surface area contributed by atoms with Crippen molar-refractivity contribution in [2.24, 2.45) is 5.92 Å². The molecule has 6 heteroatoms. The zero-order valence-electron chi connectivity index (χ0n) is 10.4. The number of rotatable bonds is 2. The molecule has 0 bridgehead atoms. The molecule has 102 valence electrons. The van der Waals surface area contributed by atoms with E-state index < -0.39 is 6.23 Å². The minimum absolute atomic E-state index is 0.0363. The van der Waals surface area contributed by atoms with Crippen molar-refractivity contribution in [3.05, 3.63) is 50.4 Å². The molecule has 1 amide bonds. The maximum Gasteiger partial charge on any atom is 0.233 e. The van der Waals surface area contributed by atoms with Gasteiger partial charge in [-0.25, -0.2) is 0 Å². The normalized spacial score (nSPS) is 28.9. The standard InChI is InChI=1S/C14H12N2O2S2/c17-13-9-10(12(16-13)8-4-2-6-20-8)14(18)15-11(9)7-3-1-5-19-7/h1-6,9,11,14-15,18H,(H,16,17). The molecule has 1 saturated heterocycles. The summed E-state index contributed by atoms with van der Waals surface area (Å²) in [6.45, 7) is 0. The summed E-state index contributed by atoms with van der Waals surface area (Å²) in [6.07, 6.45) is -0.775. The van der Waals surface area contributed by atoms with E-state index in [9.17, 15) is 9.90 Å². The van der Waals surface area contributed by atoms with E-state index in [0.29, 0.717) is 0 Å². The second-order valence-electron chi connectivity index (χ2n) is 4.84. The van der Waals surface area contributed by atoms with Gasteiger partial charge in [0.2, 0.25) is 5.91 Å². The van der Waals surface area contributed by atoms with Crippen molar-refractivity contribution in [1.82, 2.24) is 10.6 Å². The van der Waals surface area contributed by atoms with Gasteiger partial charge in [-0.3, -0.25) is 10.1 Å². The molecule has 3 N–H and O–H groups in total. The zero-order valence-corrected chi connectivity index (χ0v) is 12.0. The summed E-state index contributed by atoms with van der Waals surface area (Å²) in [5, 5.41) is 20.3. The van der Waals surface area contributed by atoms with E-state index in [1.165, 1.54) is 0 Å². The van der Waals surface area contributed by atoms with Gasteiger partial charge < -0.3 is 10.4 Å². The maximum absolute atomic E-state index is 12.3. The number of fused-ring (bicyclic) bond motifs is 1. The van der Waals surface area contributed by atoms with E-state index in [1.54, 1.807) is 22.7 Å². The summed E-state index contributed by atoms with van der Waals surface area (Å²) in [4.78, 5) is 14.4. The second-order valence-corrected chi connectivity index (χ2v) is 6.76. The number of nitrogens with one attached hydrogen (secondary N) is 2. The van der Waals surface area contributed by atoms with Gasteiger partial charge in [-0.15, -0.1) is 22.7 Å². The number of thiophene rings is 2. The molecular weight excluding hydrogens is 292 g/mol. The van der Waals surface area contributed by atoms with Gasteiger partial charge in [0.1, 0.15) is 6.23 Å². The highest BCUT2D eigenvalue weighted by atomic mass is 32.1. The number of hydrogen-bond donors (Lipinski definition) is 3. The third kappa shape index (κ3) is 1.69. The van der Waals surface area contributed by atoms with Gasteiger partial charge in [-0.05, 0) is 22.9 Å². The first-order chi connectivity index (χ1) is 9.75. The molecule has 4 heterocycles. The molecule has 4 rings (SSSR count). The van der Waals surface area contributed by atoms with Crippen molar-refractivity contribution >= 4 is 34.3 Å². The molecule has 0 spiro atoms. The molecule has 2 aromatic heterocycles. The Morgan fingerprint density at radius 1 is 1.15 bits per heavy atom. The van der Waals surface area contributed by atoms with Crippen molar-refractivity contribution in [3.63, 3.8) is 0 Å². The lowest BCUT2D eigenvalue weighted by Crippen LogP contribution is -2.30. The Labute approximate surface area is 123 Å². The summed E-state index contributed by atoms with van der Waals surface area (Å²) in [7, 11) is 0. The van der Waals surface area contributed by atoms with Crippen LogP contribution in [0.4, 0.5) is 0 Å². The number of aliphatic hydroxyl groups is 1. The minimum atomic E-state index is -0.775. The Morgan fingerprint density at radius 3 is 2.65 bits per heavy atom. The lowest BCUT2D eigenvalue weighted by atomic mass is 9.95. The van der Waals surface area contributed by atoms with Gasteiger partial charge >= 0.3 is 0 Å². The fourth-order valence-corrected chi connectivity index (χ4v) is 4.47. The molecule has 1 fully saturated rings. The van der Waals surface area contributed by atoms with E-state index >= 15 is 0 Å². The molecule has 3 atom stereocenters. The highest BCUT2D eigenvalue weighted by Gasteiger charge is 2.49. The van der Waals surface area contributed by atoms with Crippen molar-refractivity contribution in [2.75, 3.05) is 0 Å². The van der Waals surface area contributed by atoms with E-state index in [2.05, 4.69) is 10.6 Å². The molecular formula is C14H12N2O2S2. The van der Waals surface area contributed by atoms with Crippen LogP contribution in [-0.2, 0) is 4.79 Å². The highest BCUT2D eigenvalue weighted by Crippen LogP contribution is 2.44. The van der Waals surface area contributed by atoms with Gasteiger partial charge in [0.15, 0.2) is 0 Å². The fourth-order valence-electron chi connectivity index (χ4n) is 2.90. The summed E-state index contributed by atoms with van der Waals surface area (Å²) in [5.74, 6) is -0.355. The zero-order chi connectivity index (χ0) is 13.7. The topological polar surface area (TPSA) is 61.4 Å². The van der Waals surface area contributed by atoms with Crippen LogP contribution < -0.4 is 10.6 Å². The van der Waals surface area contributed by atoms with Crippen LogP contribution in [0.3, 0.4) is 0 Å². The Balaban J connectivity index is 1.81. The molecule has 0 aliphatic carbocycles. The predicted molar refractivity (Wildman–Crippen MR) is 79.1 cm³/mol. The van der Waals surface area contributed by atoms with E-state index in [-0.39, 0.29) is 17.9 Å². The number of carbonyl (C=O) groups excluding carboxylic acids is 1. The molecule has 0 saturated carbocycles. The Hall–Kier alpha value is -1.47. The minimum Gasteiger partial charge on any atom is -0.375 e. The second kappa shape index (κ2) is 4.53. The quantitative estimate of drug-likeness (QED) is 0.794. The van der Waals surface area contributed by atoms with Crippen molar-refractivity contribution in [1.29, 1.82) is 0 Å². The monoisotopic (exact) mass is 304 g/mol. The summed E-state index contributed by atoms with van der Waals surface area (Å²) in [5.41, 5.74) is 1.55. The third-order valence-corrected chi connectivity index (χ3v) is 5.58. The molecule has 2 aliphatic rings. The number of hydrogen-bond acceptors (Lipinski definition) is 5. The van der Waals surface area contributed by atoms with Gasteiger partial charge in [0, 0.05) is 10.5 Å². The Bertz CT molecular complexity index is 676. The summed E-state index contributed by atoms with van der Waals surface area (Å²) < 4.78 is 0. The first-order valence-corrected chi connectivity index (χ1v) is 8.08. The predicted octanol–water partition coefficient (Wildman–Crippen LogP) is 1.93. The molecule has 3 unspecified atom stereocenters. The first-order valence-electron chi connectivity index (χ1n) is 6.32. The van der Waals surface area contributed by atoms with Gasteiger partial charge in [-0.1, -0.05) is 12.1 Å². The third-order valence-electron chi connectivity index (χ3n) is 3.74. The van der Waals surface area contributed by atoms with Crippen LogP contribution in [0.1, 0.15) is 15.8 Å². The van der Waals surface area contributed by atoms with Crippen LogP contribution in [-0.4, -0.2) is 17.2 Å². The molecule has 0 radical (unpaired) electrons. The van der Waals surface area contributed by atoms with Crippen molar-refractivity contribution in [2.45, 2.75) is 12.3 Å². The maximum atomic E-state index is 12.3. The SMILES string of the molecule is O=C1NC(c2cccs2)=C2C(O)NC(c3cccs3)C12. The average molecular weight is 304 g/mol.